The fourth-order valence-corrected chi connectivity index (χ4v) is 5.75. The minimum Gasteiger partial charge on any atom is -0.367 e. The van der Waals surface area contributed by atoms with Crippen molar-refractivity contribution in [2.45, 2.75) is 64.1 Å². The number of rotatable bonds is 0. The molecule has 0 aromatic carbocycles. The van der Waals surface area contributed by atoms with Gasteiger partial charge in [-0.3, -0.25) is 0 Å². The van der Waals surface area contributed by atoms with Crippen molar-refractivity contribution in [1.29, 1.82) is 0 Å². The van der Waals surface area contributed by atoms with Crippen molar-refractivity contribution in [2.24, 2.45) is 16.7 Å². The standard InChI is InChI=1S/C16H22O3/c1-8-5-10-14(3,13-12(8)19-13)15(4)9(2)6-11(18-10)16(15)7-17-16/h5,9-13H,6-7H2,1-4H3/t9-,10?,11?,12-,13+,14?,15-,16+/m1/s1. The minimum atomic E-state index is -0.0206. The third kappa shape index (κ3) is 0.913. The van der Waals surface area contributed by atoms with Gasteiger partial charge >= 0.3 is 0 Å². The summed E-state index contributed by atoms with van der Waals surface area (Å²) in [5, 5.41) is 0. The highest BCUT2D eigenvalue weighted by Gasteiger charge is 2.83. The Morgan fingerprint density at radius 3 is 2.68 bits per heavy atom. The van der Waals surface area contributed by atoms with Gasteiger partial charge in [-0.1, -0.05) is 26.8 Å². The zero-order valence-electron chi connectivity index (χ0n) is 12.1. The Labute approximate surface area is 114 Å². The maximum absolute atomic E-state index is 6.48. The van der Waals surface area contributed by atoms with E-state index in [0.717, 1.165) is 13.0 Å². The van der Waals surface area contributed by atoms with Gasteiger partial charge in [0, 0.05) is 10.8 Å². The Kier molecular flexibility index (Phi) is 1.67. The van der Waals surface area contributed by atoms with Gasteiger partial charge < -0.3 is 14.2 Å². The van der Waals surface area contributed by atoms with E-state index >= 15 is 0 Å². The first-order chi connectivity index (χ1) is 8.95. The van der Waals surface area contributed by atoms with Crippen LogP contribution in [-0.4, -0.2) is 36.6 Å². The molecule has 2 bridgehead atoms. The molecule has 3 aliphatic heterocycles. The maximum Gasteiger partial charge on any atom is 0.124 e. The molecule has 3 saturated heterocycles. The second-order valence-corrected chi connectivity index (χ2v) is 7.73. The molecular formula is C16H22O3. The SMILES string of the molecule is CC1=CC2OC3C[C@@H](C)[C@](C)(C2(C)[C@H]2O[C@H]12)[C@]31CO1. The van der Waals surface area contributed by atoms with Gasteiger partial charge in [-0.25, -0.2) is 0 Å². The van der Waals surface area contributed by atoms with Gasteiger partial charge in [0.2, 0.25) is 0 Å². The van der Waals surface area contributed by atoms with Gasteiger partial charge in [0.1, 0.15) is 11.7 Å². The van der Waals surface area contributed by atoms with Crippen LogP contribution < -0.4 is 0 Å². The minimum absolute atomic E-state index is 0.0206. The summed E-state index contributed by atoms with van der Waals surface area (Å²) in [7, 11) is 0. The summed E-state index contributed by atoms with van der Waals surface area (Å²) in [4.78, 5) is 0. The zero-order chi connectivity index (χ0) is 13.2. The second kappa shape index (κ2) is 2.81. The van der Waals surface area contributed by atoms with E-state index in [1.165, 1.54) is 5.57 Å². The van der Waals surface area contributed by atoms with E-state index < -0.39 is 0 Å². The van der Waals surface area contributed by atoms with Crippen LogP contribution in [0.3, 0.4) is 0 Å². The molecule has 5 rings (SSSR count). The second-order valence-electron chi connectivity index (χ2n) is 7.73. The summed E-state index contributed by atoms with van der Waals surface area (Å²) in [6, 6.07) is 0. The van der Waals surface area contributed by atoms with Crippen LogP contribution in [-0.2, 0) is 14.2 Å². The average molecular weight is 262 g/mol. The first kappa shape index (κ1) is 11.3. The van der Waals surface area contributed by atoms with Gasteiger partial charge in [-0.15, -0.1) is 0 Å². The maximum atomic E-state index is 6.48. The summed E-state index contributed by atoms with van der Waals surface area (Å²) < 4.78 is 18.5. The lowest BCUT2D eigenvalue weighted by atomic mass is 9.50. The van der Waals surface area contributed by atoms with Gasteiger partial charge in [0.05, 0.1) is 24.9 Å². The van der Waals surface area contributed by atoms with Crippen molar-refractivity contribution < 1.29 is 14.2 Å². The molecule has 4 fully saturated rings. The van der Waals surface area contributed by atoms with Crippen molar-refractivity contribution >= 4 is 0 Å². The third-order valence-corrected chi connectivity index (χ3v) is 7.37. The van der Waals surface area contributed by atoms with E-state index in [9.17, 15) is 0 Å². The van der Waals surface area contributed by atoms with Crippen LogP contribution >= 0.6 is 0 Å². The summed E-state index contributed by atoms with van der Waals surface area (Å²) in [5.41, 5.74) is 1.56. The molecule has 3 unspecified atom stereocenters. The fraction of sp³-hybridized carbons (Fsp3) is 0.875. The Balaban J connectivity index is 1.73. The molecule has 1 spiro atoms. The van der Waals surface area contributed by atoms with Gasteiger partial charge in [-0.2, -0.15) is 0 Å². The van der Waals surface area contributed by atoms with E-state index in [0.29, 0.717) is 18.1 Å². The molecular weight excluding hydrogens is 240 g/mol. The number of fused-ring (bicyclic) bond motifs is 4. The first-order valence-electron chi connectivity index (χ1n) is 7.58. The third-order valence-electron chi connectivity index (χ3n) is 7.37. The summed E-state index contributed by atoms with van der Waals surface area (Å²) in [5.74, 6) is 0.631. The van der Waals surface area contributed by atoms with Crippen molar-refractivity contribution in [3.05, 3.63) is 11.6 Å². The van der Waals surface area contributed by atoms with Crippen LogP contribution in [0.4, 0.5) is 0 Å². The Morgan fingerprint density at radius 1 is 1.26 bits per heavy atom. The van der Waals surface area contributed by atoms with E-state index in [1.807, 2.05) is 0 Å². The monoisotopic (exact) mass is 262 g/mol. The zero-order valence-corrected chi connectivity index (χ0v) is 12.1. The van der Waals surface area contributed by atoms with E-state index in [4.69, 9.17) is 14.2 Å². The molecule has 8 atom stereocenters. The van der Waals surface area contributed by atoms with Gasteiger partial charge in [0.25, 0.3) is 0 Å². The highest BCUT2D eigenvalue weighted by molar-refractivity contribution is 5.37. The number of ether oxygens (including phenoxy) is 3. The fourth-order valence-electron chi connectivity index (χ4n) is 5.75. The van der Waals surface area contributed by atoms with Crippen LogP contribution in [0.15, 0.2) is 11.6 Å². The molecule has 0 aromatic heterocycles. The van der Waals surface area contributed by atoms with Gasteiger partial charge in [0.15, 0.2) is 0 Å². The predicted octanol–water partition coefficient (Wildman–Crippen LogP) is 2.30. The molecule has 3 nitrogen and oxygen atoms in total. The summed E-state index contributed by atoms with van der Waals surface area (Å²) in [6.07, 6.45) is 4.60. The summed E-state index contributed by atoms with van der Waals surface area (Å²) >= 11 is 0. The lowest BCUT2D eigenvalue weighted by molar-refractivity contribution is -0.199. The van der Waals surface area contributed by atoms with Crippen molar-refractivity contribution in [2.75, 3.05) is 6.61 Å². The molecule has 3 heterocycles. The molecule has 0 amide bonds. The van der Waals surface area contributed by atoms with Crippen LogP contribution in [0.1, 0.15) is 34.1 Å². The van der Waals surface area contributed by atoms with Crippen LogP contribution in [0.5, 0.6) is 0 Å². The van der Waals surface area contributed by atoms with Crippen molar-refractivity contribution in [1.82, 2.24) is 0 Å². The van der Waals surface area contributed by atoms with Crippen molar-refractivity contribution in [3.8, 4) is 0 Å². The quantitative estimate of drug-likeness (QED) is 0.496. The molecule has 104 valence electrons. The number of hydrogen-bond donors (Lipinski definition) is 0. The van der Waals surface area contributed by atoms with E-state index in [-0.39, 0.29) is 28.6 Å². The average Bonchev–Trinajstić information content (AvgIpc) is 3.22. The lowest BCUT2D eigenvalue weighted by Gasteiger charge is -2.56. The molecule has 5 aliphatic rings. The van der Waals surface area contributed by atoms with E-state index in [1.54, 1.807) is 0 Å². The molecule has 0 radical (unpaired) electrons. The molecule has 19 heavy (non-hydrogen) atoms. The number of hydrogen-bond acceptors (Lipinski definition) is 3. The molecule has 3 heteroatoms. The first-order valence-corrected chi connectivity index (χ1v) is 7.58. The predicted molar refractivity (Wildman–Crippen MR) is 69.8 cm³/mol. The molecule has 1 saturated carbocycles. The van der Waals surface area contributed by atoms with Crippen molar-refractivity contribution in [3.63, 3.8) is 0 Å². The Bertz CT molecular complexity index is 508. The van der Waals surface area contributed by atoms with E-state index in [2.05, 4.69) is 33.8 Å². The van der Waals surface area contributed by atoms with Crippen LogP contribution in [0, 0.1) is 16.7 Å². The highest BCUT2D eigenvalue weighted by atomic mass is 16.6. The highest BCUT2D eigenvalue weighted by Crippen LogP contribution is 2.75. The van der Waals surface area contributed by atoms with Gasteiger partial charge in [-0.05, 0) is 24.8 Å². The lowest BCUT2D eigenvalue weighted by Crippen LogP contribution is -2.65. The van der Waals surface area contributed by atoms with Crippen LogP contribution in [0.2, 0.25) is 0 Å². The summed E-state index contributed by atoms with van der Waals surface area (Å²) in [6.45, 7) is 10.3. The molecule has 0 N–H and O–H groups in total. The Hall–Kier alpha value is -0.380. The molecule has 2 aliphatic carbocycles. The Morgan fingerprint density at radius 2 is 2.00 bits per heavy atom. The van der Waals surface area contributed by atoms with Crippen LogP contribution in [0.25, 0.3) is 0 Å². The largest absolute Gasteiger partial charge is 0.367 e. The normalized spacial score (nSPS) is 68.4. The molecule has 0 aromatic rings. The topological polar surface area (TPSA) is 34.3 Å². The number of epoxide rings is 2. The smallest absolute Gasteiger partial charge is 0.124 e.